The summed E-state index contributed by atoms with van der Waals surface area (Å²) < 4.78 is 15.3. The van der Waals surface area contributed by atoms with Gasteiger partial charge in [0.1, 0.15) is 17.2 Å². The predicted molar refractivity (Wildman–Crippen MR) is 95.2 cm³/mol. The van der Waals surface area contributed by atoms with E-state index in [-0.39, 0.29) is 6.42 Å². The van der Waals surface area contributed by atoms with Crippen LogP contribution < -0.4 is 14.2 Å². The van der Waals surface area contributed by atoms with Crippen molar-refractivity contribution in [1.82, 2.24) is 0 Å². The molecule has 0 heterocycles. The zero-order valence-corrected chi connectivity index (χ0v) is 14.9. The van der Waals surface area contributed by atoms with Gasteiger partial charge < -0.3 is 14.2 Å². The monoisotopic (exact) mass is 356 g/mol. The first-order chi connectivity index (χ1) is 12.5. The molecule has 2 aromatic rings. The molecule has 0 spiro atoms. The molecule has 26 heavy (non-hydrogen) atoms. The number of rotatable bonds is 9. The Balaban J connectivity index is 2.05. The number of methoxy groups -OCH3 is 3. The summed E-state index contributed by atoms with van der Waals surface area (Å²) in [6, 6.07) is 11.4. The van der Waals surface area contributed by atoms with E-state index in [0.29, 0.717) is 28.4 Å². The van der Waals surface area contributed by atoms with Crippen LogP contribution in [0, 0.1) is 0 Å². The lowest BCUT2D eigenvalue weighted by Crippen LogP contribution is -2.20. The SMILES string of the molecule is COc1cc(CC(=O)C(=O)CC(=O)c2cccc(OC)c2)cc(OC)c1. The smallest absolute Gasteiger partial charge is 0.206 e. The molecule has 0 amide bonds. The van der Waals surface area contributed by atoms with E-state index in [2.05, 4.69) is 0 Å². The van der Waals surface area contributed by atoms with Crippen molar-refractivity contribution in [3.05, 3.63) is 53.6 Å². The molecular formula is C20H20O6. The van der Waals surface area contributed by atoms with Gasteiger partial charge >= 0.3 is 0 Å². The Morgan fingerprint density at radius 2 is 1.38 bits per heavy atom. The van der Waals surface area contributed by atoms with Crippen molar-refractivity contribution >= 4 is 17.3 Å². The summed E-state index contributed by atoms with van der Waals surface area (Å²) in [5, 5.41) is 0. The van der Waals surface area contributed by atoms with E-state index in [4.69, 9.17) is 14.2 Å². The van der Waals surface area contributed by atoms with Gasteiger partial charge in [-0.15, -0.1) is 0 Å². The van der Waals surface area contributed by atoms with E-state index in [0.717, 1.165) is 0 Å². The molecule has 0 atom stereocenters. The van der Waals surface area contributed by atoms with Crippen LogP contribution in [-0.2, 0) is 16.0 Å². The molecule has 136 valence electrons. The molecule has 0 aliphatic heterocycles. The molecule has 2 aromatic carbocycles. The maximum Gasteiger partial charge on any atom is 0.206 e. The first kappa shape index (κ1) is 19.2. The normalized spacial score (nSPS) is 10.1. The highest BCUT2D eigenvalue weighted by atomic mass is 16.5. The highest BCUT2D eigenvalue weighted by Gasteiger charge is 2.20. The van der Waals surface area contributed by atoms with Crippen LogP contribution in [0.5, 0.6) is 17.2 Å². The lowest BCUT2D eigenvalue weighted by molar-refractivity contribution is -0.135. The van der Waals surface area contributed by atoms with Gasteiger partial charge in [-0.25, -0.2) is 0 Å². The molecule has 0 aliphatic rings. The van der Waals surface area contributed by atoms with E-state index >= 15 is 0 Å². The molecule has 0 saturated carbocycles. The van der Waals surface area contributed by atoms with E-state index in [1.54, 1.807) is 36.4 Å². The lowest BCUT2D eigenvalue weighted by atomic mass is 10.00. The molecule has 0 radical (unpaired) electrons. The fourth-order valence-electron chi connectivity index (χ4n) is 2.40. The van der Waals surface area contributed by atoms with Gasteiger partial charge in [-0.05, 0) is 29.8 Å². The Kier molecular flexibility index (Phi) is 6.49. The minimum absolute atomic E-state index is 0.127. The van der Waals surface area contributed by atoms with Crippen molar-refractivity contribution in [2.45, 2.75) is 12.8 Å². The highest BCUT2D eigenvalue weighted by molar-refractivity contribution is 6.41. The van der Waals surface area contributed by atoms with E-state index in [1.807, 2.05) is 0 Å². The fraction of sp³-hybridized carbons (Fsp3) is 0.250. The minimum atomic E-state index is -0.736. The Labute approximate surface area is 151 Å². The average molecular weight is 356 g/mol. The number of hydrogen-bond acceptors (Lipinski definition) is 6. The van der Waals surface area contributed by atoms with Crippen molar-refractivity contribution in [2.75, 3.05) is 21.3 Å². The lowest BCUT2D eigenvalue weighted by Gasteiger charge is -2.08. The number of ketones is 3. The Morgan fingerprint density at radius 1 is 0.769 bits per heavy atom. The van der Waals surface area contributed by atoms with Crippen LogP contribution in [0.25, 0.3) is 0 Å². The fourth-order valence-corrected chi connectivity index (χ4v) is 2.40. The number of carbonyl (C=O) groups is 3. The first-order valence-corrected chi connectivity index (χ1v) is 7.92. The van der Waals surface area contributed by atoms with Gasteiger partial charge in [0.15, 0.2) is 5.78 Å². The number of carbonyl (C=O) groups excluding carboxylic acids is 3. The van der Waals surface area contributed by atoms with Crippen LogP contribution in [-0.4, -0.2) is 38.7 Å². The third-order valence-electron chi connectivity index (χ3n) is 3.80. The van der Waals surface area contributed by atoms with E-state index < -0.39 is 23.8 Å². The molecule has 0 unspecified atom stereocenters. The van der Waals surface area contributed by atoms with Gasteiger partial charge in [-0.3, -0.25) is 14.4 Å². The highest BCUT2D eigenvalue weighted by Crippen LogP contribution is 2.23. The van der Waals surface area contributed by atoms with E-state index in [1.165, 1.54) is 27.4 Å². The number of Topliss-reactive ketones (excluding diaryl/α,β-unsaturated/α-hetero) is 3. The molecule has 6 heteroatoms. The molecule has 0 aromatic heterocycles. The van der Waals surface area contributed by atoms with Crippen molar-refractivity contribution in [2.24, 2.45) is 0 Å². The molecule has 0 aliphatic carbocycles. The summed E-state index contributed by atoms with van der Waals surface area (Å²) >= 11 is 0. The second-order valence-corrected chi connectivity index (χ2v) is 5.58. The van der Waals surface area contributed by atoms with Gasteiger partial charge in [0.25, 0.3) is 0 Å². The average Bonchev–Trinajstić information content (AvgIpc) is 2.67. The molecule has 0 fully saturated rings. The van der Waals surface area contributed by atoms with Gasteiger partial charge in [0.05, 0.1) is 27.8 Å². The summed E-state index contributed by atoms with van der Waals surface area (Å²) in [6.07, 6.45) is -0.606. The zero-order chi connectivity index (χ0) is 19.1. The molecule has 0 N–H and O–H groups in total. The molecule has 0 saturated heterocycles. The Hall–Kier alpha value is -3.15. The second-order valence-electron chi connectivity index (χ2n) is 5.58. The van der Waals surface area contributed by atoms with Gasteiger partial charge in [0.2, 0.25) is 11.6 Å². The summed E-state index contributed by atoms with van der Waals surface area (Å²) in [7, 11) is 4.48. The minimum Gasteiger partial charge on any atom is -0.497 e. The van der Waals surface area contributed by atoms with Crippen LogP contribution in [0.15, 0.2) is 42.5 Å². The molecule has 2 rings (SSSR count). The second kappa shape index (κ2) is 8.80. The Bertz CT molecular complexity index is 803. The standard InChI is InChI=1S/C20H20O6/c1-24-15-6-4-5-14(10-15)18(21)12-20(23)19(22)9-13-7-16(25-2)11-17(8-13)26-3/h4-8,10-11H,9,12H2,1-3H3. The van der Waals surface area contributed by atoms with Crippen LogP contribution in [0.3, 0.4) is 0 Å². The largest absolute Gasteiger partial charge is 0.497 e. The van der Waals surface area contributed by atoms with Gasteiger partial charge in [-0.1, -0.05) is 12.1 Å². The van der Waals surface area contributed by atoms with Gasteiger partial charge in [-0.2, -0.15) is 0 Å². The van der Waals surface area contributed by atoms with Crippen LogP contribution in [0.2, 0.25) is 0 Å². The molecule has 6 nitrogen and oxygen atoms in total. The number of ether oxygens (including phenoxy) is 3. The quantitative estimate of drug-likeness (QED) is 0.390. The number of hydrogen-bond donors (Lipinski definition) is 0. The van der Waals surface area contributed by atoms with Crippen molar-refractivity contribution in [3.63, 3.8) is 0 Å². The summed E-state index contributed by atoms with van der Waals surface area (Å²) in [5.41, 5.74) is 0.905. The van der Waals surface area contributed by atoms with E-state index in [9.17, 15) is 14.4 Å². The zero-order valence-electron chi connectivity index (χ0n) is 14.9. The summed E-state index contributed by atoms with van der Waals surface area (Å²) in [4.78, 5) is 36.5. The predicted octanol–water partition coefficient (Wildman–Crippen LogP) is 2.67. The molecule has 0 bridgehead atoms. The van der Waals surface area contributed by atoms with Gasteiger partial charge in [0, 0.05) is 18.1 Å². The van der Waals surface area contributed by atoms with Crippen LogP contribution >= 0.6 is 0 Å². The summed E-state index contributed by atoms with van der Waals surface area (Å²) in [6.45, 7) is 0. The third-order valence-corrected chi connectivity index (χ3v) is 3.80. The van der Waals surface area contributed by atoms with Crippen LogP contribution in [0.1, 0.15) is 22.3 Å². The topological polar surface area (TPSA) is 78.9 Å². The first-order valence-electron chi connectivity index (χ1n) is 7.92. The molecular weight excluding hydrogens is 336 g/mol. The number of benzene rings is 2. The summed E-state index contributed by atoms with van der Waals surface area (Å²) in [5.74, 6) is -0.251. The Morgan fingerprint density at radius 3 is 1.96 bits per heavy atom. The third kappa shape index (κ3) is 4.92. The van der Waals surface area contributed by atoms with Crippen LogP contribution in [0.4, 0.5) is 0 Å². The van der Waals surface area contributed by atoms with Crippen molar-refractivity contribution in [3.8, 4) is 17.2 Å². The maximum absolute atomic E-state index is 12.2. The van der Waals surface area contributed by atoms with Crippen molar-refractivity contribution in [1.29, 1.82) is 0 Å². The van der Waals surface area contributed by atoms with Crippen molar-refractivity contribution < 1.29 is 28.6 Å². The maximum atomic E-state index is 12.2.